The quantitative estimate of drug-likeness (QED) is 0.616. The van der Waals surface area contributed by atoms with Crippen LogP contribution in [0.2, 0.25) is 0 Å². The third kappa shape index (κ3) is 1.94. The Morgan fingerprint density at radius 2 is 2.05 bits per heavy atom. The first-order valence-electron chi connectivity index (χ1n) is 6.38. The van der Waals surface area contributed by atoms with Crippen LogP contribution in [0.4, 0.5) is 0 Å². The zero-order valence-electron chi connectivity index (χ0n) is 10.9. The van der Waals surface area contributed by atoms with E-state index in [1.165, 1.54) is 7.11 Å². The van der Waals surface area contributed by atoms with Crippen molar-refractivity contribution in [1.29, 1.82) is 0 Å². The maximum absolute atomic E-state index is 12.1. The van der Waals surface area contributed by atoms with Crippen molar-refractivity contribution in [2.75, 3.05) is 7.11 Å². The van der Waals surface area contributed by atoms with Crippen LogP contribution < -0.4 is 5.56 Å². The number of aryl methyl sites for hydroxylation is 1. The Labute approximate surface area is 119 Å². The average molecular weight is 291 g/mol. The standard InChI is InChI=1S/C13H13N3O3S/c1-19-12(18)8-6-4-2-3-5-7(6)14-10-9(8)11(17)16-13(20)15-10/h2-5H2,1H3,(H2,14,15,16,17,20). The van der Waals surface area contributed by atoms with E-state index in [0.29, 0.717) is 11.2 Å². The predicted molar refractivity (Wildman–Crippen MR) is 75.5 cm³/mol. The third-order valence-corrected chi connectivity index (χ3v) is 3.75. The number of pyridine rings is 1. The van der Waals surface area contributed by atoms with Gasteiger partial charge in [0, 0.05) is 5.69 Å². The molecule has 0 amide bonds. The molecule has 20 heavy (non-hydrogen) atoms. The van der Waals surface area contributed by atoms with Crippen molar-refractivity contribution in [3.8, 4) is 0 Å². The second kappa shape index (κ2) is 4.82. The smallest absolute Gasteiger partial charge is 0.339 e. The van der Waals surface area contributed by atoms with Gasteiger partial charge < -0.3 is 9.72 Å². The number of aromatic amines is 2. The largest absolute Gasteiger partial charge is 0.465 e. The van der Waals surface area contributed by atoms with Crippen molar-refractivity contribution >= 4 is 29.2 Å². The maximum atomic E-state index is 12.1. The van der Waals surface area contributed by atoms with Crippen LogP contribution in [0.1, 0.15) is 34.5 Å². The maximum Gasteiger partial charge on any atom is 0.339 e. The summed E-state index contributed by atoms with van der Waals surface area (Å²) in [5.41, 5.74) is 1.93. The lowest BCUT2D eigenvalue weighted by molar-refractivity contribution is 0.0601. The van der Waals surface area contributed by atoms with E-state index in [1.807, 2.05) is 0 Å². The van der Waals surface area contributed by atoms with Gasteiger partial charge in [-0.15, -0.1) is 0 Å². The molecule has 2 aromatic rings. The number of nitrogens with one attached hydrogen (secondary N) is 2. The molecular formula is C13H13N3O3S. The van der Waals surface area contributed by atoms with Crippen LogP contribution in [0.15, 0.2) is 4.79 Å². The van der Waals surface area contributed by atoms with E-state index >= 15 is 0 Å². The molecule has 0 unspecified atom stereocenters. The molecule has 0 saturated carbocycles. The molecule has 0 aromatic carbocycles. The molecule has 2 aromatic heterocycles. The summed E-state index contributed by atoms with van der Waals surface area (Å²) in [5.74, 6) is -0.508. The van der Waals surface area contributed by atoms with Crippen LogP contribution in [0.3, 0.4) is 0 Å². The van der Waals surface area contributed by atoms with Gasteiger partial charge in [0.25, 0.3) is 5.56 Å². The van der Waals surface area contributed by atoms with Crippen molar-refractivity contribution in [1.82, 2.24) is 15.0 Å². The number of hydrogen-bond acceptors (Lipinski definition) is 5. The second-order valence-electron chi connectivity index (χ2n) is 4.74. The number of methoxy groups -OCH3 is 1. The van der Waals surface area contributed by atoms with Crippen LogP contribution >= 0.6 is 12.2 Å². The van der Waals surface area contributed by atoms with Crippen LogP contribution in [-0.4, -0.2) is 28.0 Å². The molecule has 0 atom stereocenters. The van der Waals surface area contributed by atoms with Gasteiger partial charge in [0.15, 0.2) is 4.77 Å². The van der Waals surface area contributed by atoms with E-state index in [-0.39, 0.29) is 10.2 Å². The molecule has 0 fully saturated rings. The molecule has 2 N–H and O–H groups in total. The number of nitrogens with zero attached hydrogens (tertiary/aromatic N) is 1. The van der Waals surface area contributed by atoms with Gasteiger partial charge in [-0.1, -0.05) is 0 Å². The van der Waals surface area contributed by atoms with Gasteiger partial charge in [0.1, 0.15) is 5.65 Å². The summed E-state index contributed by atoms with van der Waals surface area (Å²) >= 11 is 4.95. The van der Waals surface area contributed by atoms with Crippen molar-refractivity contribution in [3.63, 3.8) is 0 Å². The lowest BCUT2D eigenvalue weighted by atomic mass is 9.91. The summed E-state index contributed by atoms with van der Waals surface area (Å²) < 4.78 is 5.03. The average Bonchev–Trinajstić information content (AvgIpc) is 2.44. The molecule has 104 valence electrons. The predicted octanol–water partition coefficient (Wildman–Crippen LogP) is 1.65. The molecule has 0 radical (unpaired) electrons. The number of aromatic nitrogens is 3. The summed E-state index contributed by atoms with van der Waals surface area (Å²) in [6.07, 6.45) is 3.53. The molecule has 0 saturated heterocycles. The highest BCUT2D eigenvalue weighted by Crippen LogP contribution is 2.27. The minimum Gasteiger partial charge on any atom is -0.465 e. The number of carbonyl (C=O) groups is 1. The number of hydrogen-bond donors (Lipinski definition) is 2. The molecule has 0 bridgehead atoms. The number of esters is 1. The number of H-pyrrole nitrogens is 2. The highest BCUT2D eigenvalue weighted by Gasteiger charge is 2.25. The fourth-order valence-electron chi connectivity index (χ4n) is 2.69. The number of fused-ring (bicyclic) bond motifs is 2. The van der Waals surface area contributed by atoms with E-state index in [1.54, 1.807) is 0 Å². The molecule has 7 heteroatoms. The molecule has 2 heterocycles. The highest BCUT2D eigenvalue weighted by molar-refractivity contribution is 7.71. The lowest BCUT2D eigenvalue weighted by Gasteiger charge is -2.18. The topological polar surface area (TPSA) is 87.8 Å². The lowest BCUT2D eigenvalue weighted by Crippen LogP contribution is -2.20. The fraction of sp³-hybridized carbons (Fsp3) is 0.385. The normalized spacial score (nSPS) is 14.1. The number of rotatable bonds is 1. The van der Waals surface area contributed by atoms with E-state index in [9.17, 15) is 9.59 Å². The van der Waals surface area contributed by atoms with Crippen molar-refractivity contribution in [3.05, 3.63) is 31.9 Å². The van der Waals surface area contributed by atoms with Crippen LogP contribution in [0, 0.1) is 4.77 Å². The minimum atomic E-state index is -0.508. The highest BCUT2D eigenvalue weighted by atomic mass is 32.1. The van der Waals surface area contributed by atoms with Crippen LogP contribution in [-0.2, 0) is 17.6 Å². The van der Waals surface area contributed by atoms with Gasteiger partial charge in [-0.3, -0.25) is 9.78 Å². The summed E-state index contributed by atoms with van der Waals surface area (Å²) in [4.78, 5) is 34.0. The molecule has 3 rings (SSSR count). The Balaban J connectivity index is 2.49. The van der Waals surface area contributed by atoms with Crippen molar-refractivity contribution < 1.29 is 9.53 Å². The number of carbonyl (C=O) groups excluding carboxylic acids is 1. The Bertz CT molecular complexity index is 822. The van der Waals surface area contributed by atoms with Crippen molar-refractivity contribution in [2.24, 2.45) is 0 Å². The first-order chi connectivity index (χ1) is 9.61. The fourth-order valence-corrected chi connectivity index (χ4v) is 2.87. The SMILES string of the molecule is COC(=O)c1c2c(nc3[nH]c(=S)[nH]c(=O)c13)CCCC2. The van der Waals surface area contributed by atoms with E-state index in [4.69, 9.17) is 17.0 Å². The van der Waals surface area contributed by atoms with Gasteiger partial charge in [-0.05, 0) is 43.5 Å². The zero-order valence-corrected chi connectivity index (χ0v) is 11.7. The second-order valence-corrected chi connectivity index (χ2v) is 5.15. The Morgan fingerprint density at radius 1 is 1.30 bits per heavy atom. The summed E-state index contributed by atoms with van der Waals surface area (Å²) in [5, 5.41) is 0.228. The summed E-state index contributed by atoms with van der Waals surface area (Å²) in [6, 6.07) is 0. The van der Waals surface area contributed by atoms with Crippen molar-refractivity contribution in [2.45, 2.75) is 25.7 Å². The molecule has 0 aliphatic heterocycles. The van der Waals surface area contributed by atoms with Gasteiger partial charge in [-0.25, -0.2) is 9.78 Å². The minimum absolute atomic E-state index is 0.196. The number of ether oxygens (including phenoxy) is 1. The monoisotopic (exact) mass is 291 g/mol. The van der Waals surface area contributed by atoms with Gasteiger partial charge in [0.2, 0.25) is 0 Å². The molecule has 0 spiro atoms. The molecular weight excluding hydrogens is 278 g/mol. The zero-order chi connectivity index (χ0) is 14.3. The van der Waals surface area contributed by atoms with E-state index in [2.05, 4.69) is 15.0 Å². The summed E-state index contributed by atoms with van der Waals surface area (Å²) in [7, 11) is 1.31. The Hall–Kier alpha value is -2.02. The third-order valence-electron chi connectivity index (χ3n) is 3.55. The summed E-state index contributed by atoms with van der Waals surface area (Å²) in [6.45, 7) is 0. The van der Waals surface area contributed by atoms with Crippen LogP contribution in [0.25, 0.3) is 11.0 Å². The molecule has 1 aliphatic carbocycles. The van der Waals surface area contributed by atoms with Gasteiger partial charge >= 0.3 is 5.97 Å². The van der Waals surface area contributed by atoms with Gasteiger partial charge in [-0.2, -0.15) is 0 Å². The van der Waals surface area contributed by atoms with Gasteiger partial charge in [0.05, 0.1) is 18.1 Å². The molecule has 6 nitrogen and oxygen atoms in total. The Morgan fingerprint density at radius 3 is 2.80 bits per heavy atom. The first-order valence-corrected chi connectivity index (χ1v) is 6.79. The Kier molecular flexibility index (Phi) is 3.13. The first kappa shape index (κ1) is 13.0. The molecule has 1 aliphatic rings. The van der Waals surface area contributed by atoms with Crippen LogP contribution in [0.5, 0.6) is 0 Å². The van der Waals surface area contributed by atoms with E-state index in [0.717, 1.165) is 36.9 Å². The van der Waals surface area contributed by atoms with E-state index < -0.39 is 11.5 Å².